The van der Waals surface area contributed by atoms with E-state index >= 15 is 0 Å². The number of ether oxygens (including phenoxy) is 2. The van der Waals surface area contributed by atoms with E-state index < -0.39 is 5.97 Å². The largest absolute Gasteiger partial charge is 0.489 e. The molecule has 0 aromatic heterocycles. The molecule has 0 bridgehead atoms. The molecule has 0 spiro atoms. The smallest absolute Gasteiger partial charge is 0.339 e. The molecule has 0 heterocycles. The summed E-state index contributed by atoms with van der Waals surface area (Å²) in [7, 11) is 0. The van der Waals surface area contributed by atoms with Gasteiger partial charge >= 0.3 is 5.97 Å². The van der Waals surface area contributed by atoms with Crippen LogP contribution >= 0.6 is 11.6 Å². The second kappa shape index (κ2) is 9.10. The molecule has 0 fully saturated rings. The highest BCUT2D eigenvalue weighted by molar-refractivity contribution is 6.17. The number of hydrogen-bond acceptors (Lipinski definition) is 3. The second-order valence-electron chi connectivity index (χ2n) is 5.94. The van der Waals surface area contributed by atoms with E-state index in [1.54, 1.807) is 12.1 Å². The van der Waals surface area contributed by atoms with E-state index in [0.717, 1.165) is 11.1 Å². The lowest BCUT2D eigenvalue weighted by Gasteiger charge is -2.15. The number of rotatable bonds is 8. The van der Waals surface area contributed by atoms with Crippen molar-refractivity contribution in [3.63, 3.8) is 0 Å². The first-order valence-corrected chi connectivity index (χ1v) is 9.00. The van der Waals surface area contributed by atoms with Gasteiger partial charge in [0.1, 0.15) is 30.3 Å². The molecule has 138 valence electrons. The predicted molar refractivity (Wildman–Crippen MR) is 105 cm³/mol. The summed E-state index contributed by atoms with van der Waals surface area (Å²) in [5.74, 6) is -0.273. The molecule has 1 N–H and O–H groups in total. The van der Waals surface area contributed by atoms with Crippen LogP contribution in [0.25, 0.3) is 0 Å². The van der Waals surface area contributed by atoms with Crippen LogP contribution in [0.5, 0.6) is 11.5 Å². The average molecular weight is 383 g/mol. The van der Waals surface area contributed by atoms with E-state index in [1.165, 1.54) is 0 Å². The fourth-order valence-corrected chi connectivity index (χ4v) is 2.88. The van der Waals surface area contributed by atoms with E-state index in [0.29, 0.717) is 17.9 Å². The molecule has 4 nitrogen and oxygen atoms in total. The van der Waals surface area contributed by atoms with Crippen molar-refractivity contribution in [1.82, 2.24) is 0 Å². The summed E-state index contributed by atoms with van der Waals surface area (Å²) >= 11 is 5.98. The van der Waals surface area contributed by atoms with Gasteiger partial charge in [-0.15, -0.1) is 11.6 Å². The maximum atomic E-state index is 11.7. The summed E-state index contributed by atoms with van der Waals surface area (Å²) < 4.78 is 11.6. The maximum absolute atomic E-state index is 11.7. The molecule has 0 saturated carbocycles. The van der Waals surface area contributed by atoms with Gasteiger partial charge in [0.25, 0.3) is 0 Å². The quantitative estimate of drug-likeness (QED) is 0.538. The minimum Gasteiger partial charge on any atom is -0.489 e. The molecule has 0 unspecified atom stereocenters. The molecule has 0 saturated heterocycles. The zero-order valence-corrected chi connectivity index (χ0v) is 15.4. The topological polar surface area (TPSA) is 55.8 Å². The highest BCUT2D eigenvalue weighted by Gasteiger charge is 2.19. The Hall–Kier alpha value is -2.98. The number of aromatic carboxylic acids is 1. The van der Waals surface area contributed by atoms with Crippen LogP contribution in [0, 0.1) is 0 Å². The van der Waals surface area contributed by atoms with Crippen LogP contribution in [0.4, 0.5) is 0 Å². The first kappa shape index (κ1) is 18.8. The van der Waals surface area contributed by atoms with E-state index in [-0.39, 0.29) is 23.8 Å². The van der Waals surface area contributed by atoms with Crippen LogP contribution in [0.3, 0.4) is 0 Å². The fraction of sp³-hybridized carbons (Fsp3) is 0.136. The number of carboxylic acids is 1. The highest BCUT2D eigenvalue weighted by Crippen LogP contribution is 2.31. The van der Waals surface area contributed by atoms with Gasteiger partial charge in [-0.1, -0.05) is 60.7 Å². The van der Waals surface area contributed by atoms with Gasteiger partial charge in [-0.2, -0.15) is 0 Å². The zero-order valence-electron chi connectivity index (χ0n) is 14.6. The summed E-state index contributed by atoms with van der Waals surface area (Å²) in [4.78, 5) is 11.7. The van der Waals surface area contributed by atoms with Gasteiger partial charge < -0.3 is 14.6 Å². The Kier molecular flexibility index (Phi) is 6.34. The van der Waals surface area contributed by atoms with Crippen LogP contribution in [-0.4, -0.2) is 11.1 Å². The van der Waals surface area contributed by atoms with Crippen molar-refractivity contribution in [1.29, 1.82) is 0 Å². The predicted octanol–water partition coefficient (Wildman–Crippen LogP) is 5.28. The zero-order chi connectivity index (χ0) is 19.1. The van der Waals surface area contributed by atoms with Gasteiger partial charge in [-0.25, -0.2) is 4.79 Å². The van der Waals surface area contributed by atoms with E-state index in [2.05, 4.69) is 0 Å². The molecule has 3 aromatic rings. The molecular weight excluding hydrogens is 364 g/mol. The Labute approximate surface area is 162 Å². The molecule has 27 heavy (non-hydrogen) atoms. The second-order valence-corrected chi connectivity index (χ2v) is 6.21. The Balaban J connectivity index is 1.85. The molecular formula is C22H19ClO4. The Morgan fingerprint density at radius 3 is 1.93 bits per heavy atom. The molecule has 0 radical (unpaired) electrons. The van der Waals surface area contributed by atoms with Crippen LogP contribution in [-0.2, 0) is 19.1 Å². The summed E-state index contributed by atoms with van der Waals surface area (Å²) in [5.41, 5.74) is 2.47. The fourth-order valence-electron chi connectivity index (χ4n) is 2.67. The lowest BCUT2D eigenvalue weighted by atomic mass is 10.1. The molecule has 0 amide bonds. The van der Waals surface area contributed by atoms with Crippen molar-refractivity contribution in [2.45, 2.75) is 19.1 Å². The van der Waals surface area contributed by atoms with Crippen LogP contribution in [0.2, 0.25) is 0 Å². The minimum absolute atomic E-state index is 0.0475. The van der Waals surface area contributed by atoms with Crippen molar-refractivity contribution in [2.75, 3.05) is 0 Å². The molecule has 5 heteroatoms. The average Bonchev–Trinajstić information content (AvgIpc) is 2.71. The van der Waals surface area contributed by atoms with Crippen molar-refractivity contribution in [3.8, 4) is 11.5 Å². The minimum atomic E-state index is -1.08. The first-order valence-electron chi connectivity index (χ1n) is 8.47. The SMILES string of the molecule is O=C(O)c1c(CCl)cc(OCc2ccccc2)cc1OCc1ccccc1. The van der Waals surface area contributed by atoms with Crippen molar-refractivity contribution < 1.29 is 19.4 Å². The normalized spacial score (nSPS) is 10.4. The van der Waals surface area contributed by atoms with Gasteiger partial charge in [0.2, 0.25) is 0 Å². The van der Waals surface area contributed by atoms with Crippen LogP contribution < -0.4 is 9.47 Å². The van der Waals surface area contributed by atoms with Gasteiger partial charge in [0.05, 0.1) is 0 Å². The number of halogens is 1. The molecule has 3 aromatic carbocycles. The number of benzene rings is 3. The number of carbonyl (C=O) groups is 1. The standard InChI is InChI=1S/C22H19ClO4/c23-13-18-11-19(26-14-16-7-3-1-4-8-16)12-20(21(18)22(24)25)27-15-17-9-5-2-6-10-17/h1-12H,13-15H2,(H,24,25). The summed E-state index contributed by atoms with van der Waals surface area (Å²) in [6.07, 6.45) is 0. The van der Waals surface area contributed by atoms with Crippen molar-refractivity contribution in [2.24, 2.45) is 0 Å². The third-order valence-corrected chi connectivity index (χ3v) is 4.29. The van der Waals surface area contributed by atoms with Crippen molar-refractivity contribution in [3.05, 3.63) is 95.1 Å². The summed E-state index contributed by atoms with van der Waals surface area (Å²) in [6, 6.07) is 22.5. The number of alkyl halides is 1. The van der Waals surface area contributed by atoms with Gasteiger partial charge in [0.15, 0.2) is 0 Å². The highest BCUT2D eigenvalue weighted by atomic mass is 35.5. The third kappa shape index (κ3) is 5.02. The van der Waals surface area contributed by atoms with Gasteiger partial charge in [0, 0.05) is 11.9 Å². The molecule has 3 rings (SSSR count). The molecule has 0 atom stereocenters. The molecule has 0 aliphatic heterocycles. The molecule has 0 aliphatic carbocycles. The summed E-state index contributed by atoms with van der Waals surface area (Å²) in [6.45, 7) is 0.623. The Bertz CT molecular complexity index is 895. The number of carboxylic acid groups (broad SMARTS) is 1. The van der Waals surface area contributed by atoms with E-state index in [4.69, 9.17) is 21.1 Å². The Morgan fingerprint density at radius 1 is 0.852 bits per heavy atom. The maximum Gasteiger partial charge on any atom is 0.339 e. The number of hydrogen-bond donors (Lipinski definition) is 1. The van der Waals surface area contributed by atoms with E-state index in [1.807, 2.05) is 60.7 Å². The van der Waals surface area contributed by atoms with E-state index in [9.17, 15) is 9.90 Å². The first-order chi connectivity index (χ1) is 13.2. The van der Waals surface area contributed by atoms with Crippen LogP contribution in [0.15, 0.2) is 72.8 Å². The monoisotopic (exact) mass is 382 g/mol. The van der Waals surface area contributed by atoms with Gasteiger partial charge in [-0.3, -0.25) is 0 Å². The summed E-state index contributed by atoms with van der Waals surface area (Å²) in [5, 5.41) is 9.59. The molecule has 0 aliphatic rings. The Morgan fingerprint density at radius 2 is 1.41 bits per heavy atom. The van der Waals surface area contributed by atoms with Crippen molar-refractivity contribution >= 4 is 17.6 Å². The third-order valence-electron chi connectivity index (χ3n) is 4.00. The lowest BCUT2D eigenvalue weighted by Crippen LogP contribution is -2.08. The van der Waals surface area contributed by atoms with Gasteiger partial charge in [-0.05, 0) is 22.8 Å². The van der Waals surface area contributed by atoms with Crippen LogP contribution in [0.1, 0.15) is 27.0 Å². The lowest BCUT2D eigenvalue weighted by molar-refractivity contribution is 0.0690.